The summed E-state index contributed by atoms with van der Waals surface area (Å²) < 4.78 is 14.8. The van der Waals surface area contributed by atoms with E-state index in [1.54, 1.807) is 28.6 Å². The molecule has 2 amide bonds. The van der Waals surface area contributed by atoms with Crippen molar-refractivity contribution in [2.24, 2.45) is 0 Å². The summed E-state index contributed by atoms with van der Waals surface area (Å²) in [5.74, 6) is -0.395. The summed E-state index contributed by atoms with van der Waals surface area (Å²) in [5, 5.41) is 7.38. The van der Waals surface area contributed by atoms with Crippen LogP contribution in [0, 0.1) is 19.7 Å². The van der Waals surface area contributed by atoms with Crippen molar-refractivity contribution in [3.05, 3.63) is 47.0 Å². The number of likely N-dealkylation sites (tertiary alicyclic amines) is 1. The molecule has 6 nitrogen and oxygen atoms in total. The van der Waals surface area contributed by atoms with Crippen LogP contribution >= 0.6 is 0 Å². The van der Waals surface area contributed by atoms with Gasteiger partial charge in [-0.3, -0.25) is 9.59 Å². The van der Waals surface area contributed by atoms with E-state index in [-0.39, 0.29) is 23.7 Å². The van der Waals surface area contributed by atoms with Crippen LogP contribution in [0.4, 0.5) is 4.39 Å². The maximum atomic E-state index is 13.1. The number of aromatic nitrogens is 2. The molecule has 138 valence electrons. The zero-order valence-corrected chi connectivity index (χ0v) is 15.3. The Bertz CT molecular complexity index is 829. The van der Waals surface area contributed by atoms with Gasteiger partial charge in [0.2, 0.25) is 5.91 Å². The molecule has 0 spiro atoms. The van der Waals surface area contributed by atoms with Crippen LogP contribution in [0.3, 0.4) is 0 Å². The summed E-state index contributed by atoms with van der Waals surface area (Å²) in [4.78, 5) is 26.2. The van der Waals surface area contributed by atoms with Crippen LogP contribution in [0.15, 0.2) is 24.3 Å². The van der Waals surface area contributed by atoms with Crippen molar-refractivity contribution < 1.29 is 14.0 Å². The predicted molar refractivity (Wildman–Crippen MR) is 95.7 cm³/mol. The highest BCUT2D eigenvalue weighted by Gasteiger charge is 2.24. The highest BCUT2D eigenvalue weighted by molar-refractivity contribution is 5.96. The van der Waals surface area contributed by atoms with Crippen molar-refractivity contribution in [2.75, 3.05) is 13.1 Å². The Balaban J connectivity index is 1.75. The van der Waals surface area contributed by atoms with Gasteiger partial charge in [0.15, 0.2) is 0 Å². The second-order valence-corrected chi connectivity index (χ2v) is 6.75. The third-order valence-electron chi connectivity index (χ3n) is 4.63. The average Bonchev–Trinajstić information content (AvgIpc) is 3.11. The van der Waals surface area contributed by atoms with Gasteiger partial charge in [0.1, 0.15) is 5.82 Å². The first-order valence-electron chi connectivity index (χ1n) is 8.77. The lowest BCUT2D eigenvalue weighted by Gasteiger charge is -2.21. The highest BCUT2D eigenvalue weighted by Crippen LogP contribution is 2.18. The van der Waals surface area contributed by atoms with E-state index in [1.165, 1.54) is 12.1 Å². The molecule has 1 aromatic heterocycles. The Kier molecular flexibility index (Phi) is 5.06. The number of nitrogens with zero attached hydrogens (tertiary/aromatic N) is 3. The molecule has 2 heterocycles. The SMILES string of the molecule is Cc1nn(-c2ccc(F)cc2)c(C)c1C(=O)N[C@@H](C)CN1CCCC1=O. The van der Waals surface area contributed by atoms with Crippen molar-refractivity contribution in [1.82, 2.24) is 20.0 Å². The van der Waals surface area contributed by atoms with Gasteiger partial charge in [-0.25, -0.2) is 9.07 Å². The number of aryl methyl sites for hydroxylation is 1. The van der Waals surface area contributed by atoms with Crippen LogP contribution in [0.5, 0.6) is 0 Å². The molecule has 0 aliphatic carbocycles. The number of amides is 2. The first-order chi connectivity index (χ1) is 12.4. The largest absolute Gasteiger partial charge is 0.348 e. The molecule has 2 aromatic rings. The number of hydrogen-bond acceptors (Lipinski definition) is 3. The van der Waals surface area contributed by atoms with Crippen molar-refractivity contribution in [2.45, 2.75) is 39.7 Å². The summed E-state index contributed by atoms with van der Waals surface area (Å²) >= 11 is 0. The van der Waals surface area contributed by atoms with Gasteiger partial charge >= 0.3 is 0 Å². The second kappa shape index (κ2) is 7.27. The molecular formula is C19H23FN4O2. The molecule has 1 aliphatic rings. The molecule has 1 aliphatic heterocycles. The zero-order valence-electron chi connectivity index (χ0n) is 15.3. The molecule has 0 radical (unpaired) electrons. The lowest BCUT2D eigenvalue weighted by Crippen LogP contribution is -2.42. The number of carbonyl (C=O) groups excluding carboxylic acids is 2. The van der Waals surface area contributed by atoms with Crippen LogP contribution in [-0.4, -0.2) is 45.6 Å². The van der Waals surface area contributed by atoms with Crippen LogP contribution in [-0.2, 0) is 4.79 Å². The van der Waals surface area contributed by atoms with Gasteiger partial charge < -0.3 is 10.2 Å². The fourth-order valence-corrected chi connectivity index (χ4v) is 3.37. The Hall–Kier alpha value is -2.70. The summed E-state index contributed by atoms with van der Waals surface area (Å²) in [6.45, 7) is 6.73. The fraction of sp³-hybridized carbons (Fsp3) is 0.421. The summed E-state index contributed by atoms with van der Waals surface area (Å²) in [7, 11) is 0. The molecule has 7 heteroatoms. The minimum atomic E-state index is -0.321. The van der Waals surface area contributed by atoms with Crippen molar-refractivity contribution >= 4 is 11.8 Å². The van der Waals surface area contributed by atoms with E-state index in [0.29, 0.717) is 35.6 Å². The van der Waals surface area contributed by atoms with Gasteiger partial charge in [0.05, 0.1) is 22.6 Å². The van der Waals surface area contributed by atoms with Gasteiger partial charge in [0, 0.05) is 25.6 Å². The van der Waals surface area contributed by atoms with E-state index >= 15 is 0 Å². The Morgan fingerprint density at radius 3 is 2.62 bits per heavy atom. The normalized spacial score (nSPS) is 15.4. The van der Waals surface area contributed by atoms with Crippen molar-refractivity contribution in [1.29, 1.82) is 0 Å². The first-order valence-corrected chi connectivity index (χ1v) is 8.77. The van der Waals surface area contributed by atoms with E-state index < -0.39 is 0 Å². The molecule has 1 aromatic carbocycles. The molecule has 0 bridgehead atoms. The fourth-order valence-electron chi connectivity index (χ4n) is 3.37. The standard InChI is InChI=1S/C19H23FN4O2/c1-12(11-23-10-4-5-17(23)25)21-19(26)18-13(2)22-24(14(18)3)16-8-6-15(20)7-9-16/h6-9,12H,4-5,10-11H2,1-3H3,(H,21,26)/t12-/m0/s1. The van der Waals surface area contributed by atoms with E-state index in [0.717, 1.165) is 13.0 Å². The van der Waals surface area contributed by atoms with E-state index in [1.807, 2.05) is 13.8 Å². The Morgan fingerprint density at radius 1 is 1.31 bits per heavy atom. The zero-order chi connectivity index (χ0) is 18.8. The van der Waals surface area contributed by atoms with Gasteiger partial charge in [-0.15, -0.1) is 0 Å². The van der Waals surface area contributed by atoms with Crippen LogP contribution in [0.2, 0.25) is 0 Å². The van der Waals surface area contributed by atoms with E-state index in [4.69, 9.17) is 0 Å². The third kappa shape index (κ3) is 3.61. The van der Waals surface area contributed by atoms with Gasteiger partial charge in [0.25, 0.3) is 5.91 Å². The van der Waals surface area contributed by atoms with E-state index in [9.17, 15) is 14.0 Å². The molecule has 26 heavy (non-hydrogen) atoms. The molecule has 0 unspecified atom stereocenters. The lowest BCUT2D eigenvalue weighted by molar-refractivity contribution is -0.127. The smallest absolute Gasteiger partial charge is 0.255 e. The minimum absolute atomic E-state index is 0.141. The van der Waals surface area contributed by atoms with Crippen molar-refractivity contribution in [3.8, 4) is 5.69 Å². The van der Waals surface area contributed by atoms with Gasteiger partial charge in [-0.2, -0.15) is 5.10 Å². The molecule has 1 N–H and O–H groups in total. The van der Waals surface area contributed by atoms with Crippen LogP contribution < -0.4 is 5.32 Å². The van der Waals surface area contributed by atoms with E-state index in [2.05, 4.69) is 10.4 Å². The van der Waals surface area contributed by atoms with Crippen molar-refractivity contribution in [3.63, 3.8) is 0 Å². The summed E-state index contributed by atoms with van der Waals surface area (Å²) in [6, 6.07) is 5.81. The average molecular weight is 358 g/mol. The predicted octanol–water partition coefficient (Wildman–Crippen LogP) is 2.37. The second-order valence-electron chi connectivity index (χ2n) is 6.75. The summed E-state index contributed by atoms with van der Waals surface area (Å²) in [5.41, 5.74) is 2.50. The molecule has 1 fully saturated rings. The number of halogens is 1. The maximum Gasteiger partial charge on any atom is 0.255 e. The number of nitrogens with one attached hydrogen (secondary N) is 1. The van der Waals surface area contributed by atoms with Crippen LogP contribution in [0.1, 0.15) is 41.5 Å². The van der Waals surface area contributed by atoms with Gasteiger partial charge in [-0.05, 0) is 51.5 Å². The van der Waals surface area contributed by atoms with Crippen LogP contribution in [0.25, 0.3) is 5.69 Å². The lowest BCUT2D eigenvalue weighted by atomic mass is 10.1. The number of benzene rings is 1. The minimum Gasteiger partial charge on any atom is -0.348 e. The number of hydrogen-bond donors (Lipinski definition) is 1. The van der Waals surface area contributed by atoms with Gasteiger partial charge in [-0.1, -0.05) is 0 Å². The molecular weight excluding hydrogens is 335 g/mol. The topological polar surface area (TPSA) is 67.2 Å². The molecule has 1 saturated heterocycles. The molecule has 3 rings (SSSR count). The number of rotatable bonds is 5. The number of carbonyl (C=O) groups is 2. The Labute approximate surface area is 152 Å². The third-order valence-corrected chi connectivity index (χ3v) is 4.63. The first kappa shape index (κ1) is 18.1. The monoisotopic (exact) mass is 358 g/mol. The quantitative estimate of drug-likeness (QED) is 0.892. The Morgan fingerprint density at radius 2 is 2.00 bits per heavy atom. The maximum absolute atomic E-state index is 13.1. The highest BCUT2D eigenvalue weighted by atomic mass is 19.1. The molecule has 0 saturated carbocycles. The summed E-state index contributed by atoms with van der Waals surface area (Å²) in [6.07, 6.45) is 1.46. The molecule has 1 atom stereocenters.